The van der Waals surface area contributed by atoms with Gasteiger partial charge in [0.05, 0.1) is 19.3 Å². The van der Waals surface area contributed by atoms with Crippen molar-refractivity contribution >= 4 is 16.9 Å². The summed E-state index contributed by atoms with van der Waals surface area (Å²) in [5.41, 5.74) is 0. The number of hydrogen-bond donors (Lipinski definition) is 1. The Labute approximate surface area is 108 Å². The molecule has 0 aromatic heterocycles. The van der Waals surface area contributed by atoms with E-state index in [1.807, 2.05) is 11.8 Å². The van der Waals surface area contributed by atoms with Crippen LogP contribution < -0.4 is 5.32 Å². The molecule has 1 aliphatic heterocycles. The lowest BCUT2D eigenvalue weighted by molar-refractivity contribution is 0.0624. The van der Waals surface area contributed by atoms with Crippen molar-refractivity contribution in [2.24, 2.45) is 10.9 Å². The molecule has 1 atom stereocenters. The van der Waals surface area contributed by atoms with Crippen LogP contribution in [0.1, 0.15) is 38.5 Å². The Morgan fingerprint density at radius 1 is 1.24 bits per heavy atom. The minimum absolute atomic E-state index is 0.536. The van der Waals surface area contributed by atoms with Crippen molar-refractivity contribution in [1.82, 2.24) is 5.32 Å². The Balaban J connectivity index is 1.27. The zero-order chi connectivity index (χ0) is 11.5. The van der Waals surface area contributed by atoms with Gasteiger partial charge in [0.1, 0.15) is 0 Å². The number of ether oxygens (including phenoxy) is 1. The van der Waals surface area contributed by atoms with E-state index in [2.05, 4.69) is 10.3 Å². The quantitative estimate of drug-likeness (QED) is 0.765. The molecule has 96 valence electrons. The SMILES string of the molecule is C1CCC(OCCNC2=NCC(C3CC3)S2)C1. The molecule has 0 radical (unpaired) electrons. The van der Waals surface area contributed by atoms with Crippen molar-refractivity contribution < 1.29 is 4.74 Å². The second-order valence-corrected chi connectivity index (χ2v) is 6.57. The van der Waals surface area contributed by atoms with Crippen LogP contribution in [0.25, 0.3) is 0 Å². The van der Waals surface area contributed by atoms with Gasteiger partial charge in [-0.25, -0.2) is 0 Å². The largest absolute Gasteiger partial charge is 0.376 e. The van der Waals surface area contributed by atoms with Gasteiger partial charge in [-0.15, -0.1) is 0 Å². The molecule has 3 aliphatic rings. The van der Waals surface area contributed by atoms with Gasteiger partial charge in [-0.2, -0.15) is 0 Å². The maximum absolute atomic E-state index is 5.82. The molecule has 1 unspecified atom stereocenters. The van der Waals surface area contributed by atoms with Crippen molar-refractivity contribution in [3.63, 3.8) is 0 Å². The highest BCUT2D eigenvalue weighted by molar-refractivity contribution is 8.14. The Hall–Kier alpha value is -0.220. The van der Waals surface area contributed by atoms with E-state index in [0.29, 0.717) is 6.10 Å². The number of nitrogens with zero attached hydrogens (tertiary/aromatic N) is 1. The molecule has 0 bridgehead atoms. The van der Waals surface area contributed by atoms with E-state index in [4.69, 9.17) is 4.74 Å². The Bertz CT molecular complexity index is 285. The maximum atomic E-state index is 5.82. The van der Waals surface area contributed by atoms with Crippen LogP contribution in [0.15, 0.2) is 4.99 Å². The summed E-state index contributed by atoms with van der Waals surface area (Å²) in [5.74, 6) is 0.956. The van der Waals surface area contributed by atoms with E-state index in [0.717, 1.165) is 36.0 Å². The molecule has 2 saturated carbocycles. The summed E-state index contributed by atoms with van der Waals surface area (Å²) in [4.78, 5) is 4.56. The van der Waals surface area contributed by atoms with Crippen molar-refractivity contribution in [1.29, 1.82) is 0 Å². The lowest BCUT2D eigenvalue weighted by Crippen LogP contribution is -2.26. The molecule has 4 heteroatoms. The Morgan fingerprint density at radius 3 is 2.82 bits per heavy atom. The summed E-state index contributed by atoms with van der Waals surface area (Å²) < 4.78 is 5.82. The van der Waals surface area contributed by atoms with Crippen molar-refractivity contribution in [2.45, 2.75) is 49.9 Å². The van der Waals surface area contributed by atoms with Crippen LogP contribution in [0.3, 0.4) is 0 Å². The molecular weight excluding hydrogens is 232 g/mol. The number of aliphatic imine (C=N–C) groups is 1. The standard InChI is InChI=1S/C13H22N2OS/c1-2-4-11(3-1)16-8-7-14-13-15-9-12(17-13)10-5-6-10/h10-12H,1-9H2,(H,14,15). The van der Waals surface area contributed by atoms with Gasteiger partial charge in [0, 0.05) is 11.8 Å². The first-order valence-corrected chi connectivity index (χ1v) is 7.86. The van der Waals surface area contributed by atoms with Crippen molar-refractivity contribution in [3.8, 4) is 0 Å². The first-order chi connectivity index (χ1) is 8.42. The molecule has 0 saturated heterocycles. The predicted octanol–water partition coefficient (Wildman–Crippen LogP) is 2.42. The van der Waals surface area contributed by atoms with Gasteiger partial charge < -0.3 is 10.1 Å². The number of thioether (sulfide) groups is 1. The molecule has 1 heterocycles. The molecule has 2 aliphatic carbocycles. The average molecular weight is 254 g/mol. The molecule has 1 N–H and O–H groups in total. The normalized spacial score (nSPS) is 29.6. The van der Waals surface area contributed by atoms with Crippen LogP contribution in [-0.2, 0) is 4.74 Å². The summed E-state index contributed by atoms with van der Waals surface area (Å²) >= 11 is 1.95. The van der Waals surface area contributed by atoms with Crippen LogP contribution in [0.5, 0.6) is 0 Å². The molecule has 0 aromatic carbocycles. The van der Waals surface area contributed by atoms with Crippen LogP contribution >= 0.6 is 11.8 Å². The topological polar surface area (TPSA) is 33.6 Å². The van der Waals surface area contributed by atoms with E-state index in [1.165, 1.54) is 38.5 Å². The Kier molecular flexibility index (Phi) is 3.91. The van der Waals surface area contributed by atoms with E-state index in [9.17, 15) is 0 Å². The Morgan fingerprint density at radius 2 is 2.06 bits per heavy atom. The summed E-state index contributed by atoms with van der Waals surface area (Å²) in [6.07, 6.45) is 8.61. The number of amidine groups is 1. The van der Waals surface area contributed by atoms with Gasteiger partial charge in [-0.05, 0) is 31.6 Å². The minimum Gasteiger partial charge on any atom is -0.376 e. The molecule has 0 amide bonds. The third-order valence-corrected chi connectivity index (χ3v) is 5.19. The molecule has 3 nitrogen and oxygen atoms in total. The zero-order valence-corrected chi connectivity index (χ0v) is 11.2. The summed E-state index contributed by atoms with van der Waals surface area (Å²) in [6.45, 7) is 2.78. The lowest BCUT2D eigenvalue weighted by atomic mass is 10.3. The molecular formula is C13H22N2OS. The molecule has 0 spiro atoms. The van der Waals surface area contributed by atoms with Gasteiger partial charge in [0.15, 0.2) is 5.17 Å². The first-order valence-electron chi connectivity index (χ1n) is 6.98. The highest BCUT2D eigenvalue weighted by Gasteiger charge is 2.35. The second kappa shape index (κ2) is 5.61. The van der Waals surface area contributed by atoms with E-state index < -0.39 is 0 Å². The minimum atomic E-state index is 0.536. The molecule has 0 aromatic rings. The van der Waals surface area contributed by atoms with Gasteiger partial charge in [0.25, 0.3) is 0 Å². The highest BCUT2D eigenvalue weighted by atomic mass is 32.2. The molecule has 2 fully saturated rings. The fourth-order valence-corrected chi connectivity index (χ4v) is 3.88. The summed E-state index contributed by atoms with van der Waals surface area (Å²) in [5, 5.41) is 5.33. The number of rotatable bonds is 5. The number of nitrogens with one attached hydrogen (secondary N) is 1. The third-order valence-electron chi connectivity index (χ3n) is 3.86. The van der Waals surface area contributed by atoms with Crippen LogP contribution in [-0.4, -0.2) is 36.2 Å². The van der Waals surface area contributed by atoms with E-state index in [1.54, 1.807) is 0 Å². The number of hydrogen-bond acceptors (Lipinski definition) is 4. The highest BCUT2D eigenvalue weighted by Crippen LogP contribution is 2.41. The zero-order valence-electron chi connectivity index (χ0n) is 10.4. The first kappa shape index (κ1) is 11.8. The third kappa shape index (κ3) is 3.38. The predicted molar refractivity (Wildman–Crippen MR) is 72.6 cm³/mol. The van der Waals surface area contributed by atoms with Crippen molar-refractivity contribution in [3.05, 3.63) is 0 Å². The summed E-state index contributed by atoms with van der Waals surface area (Å²) in [6, 6.07) is 0. The molecule has 17 heavy (non-hydrogen) atoms. The fraction of sp³-hybridized carbons (Fsp3) is 0.923. The second-order valence-electron chi connectivity index (χ2n) is 5.34. The van der Waals surface area contributed by atoms with Crippen LogP contribution in [0, 0.1) is 5.92 Å². The maximum Gasteiger partial charge on any atom is 0.157 e. The van der Waals surface area contributed by atoms with Gasteiger partial charge >= 0.3 is 0 Å². The smallest absolute Gasteiger partial charge is 0.157 e. The van der Waals surface area contributed by atoms with Gasteiger partial charge in [-0.1, -0.05) is 24.6 Å². The van der Waals surface area contributed by atoms with Crippen LogP contribution in [0.4, 0.5) is 0 Å². The van der Waals surface area contributed by atoms with E-state index >= 15 is 0 Å². The van der Waals surface area contributed by atoms with Gasteiger partial charge in [0.2, 0.25) is 0 Å². The lowest BCUT2D eigenvalue weighted by Gasteiger charge is -2.12. The van der Waals surface area contributed by atoms with Crippen molar-refractivity contribution in [2.75, 3.05) is 19.7 Å². The summed E-state index contributed by atoms with van der Waals surface area (Å²) in [7, 11) is 0. The van der Waals surface area contributed by atoms with Crippen LogP contribution in [0.2, 0.25) is 0 Å². The monoisotopic (exact) mass is 254 g/mol. The fourth-order valence-electron chi connectivity index (χ4n) is 2.64. The average Bonchev–Trinajstić information content (AvgIpc) is 2.89. The van der Waals surface area contributed by atoms with Gasteiger partial charge in [-0.3, -0.25) is 4.99 Å². The molecule has 3 rings (SSSR count). The van der Waals surface area contributed by atoms with E-state index in [-0.39, 0.29) is 0 Å².